The van der Waals surface area contributed by atoms with Gasteiger partial charge in [-0.05, 0) is 43.0 Å². The van der Waals surface area contributed by atoms with Gasteiger partial charge >= 0.3 is 0 Å². The number of halogens is 1. The molecule has 0 aliphatic rings. The first-order valence-electron chi connectivity index (χ1n) is 9.97. The van der Waals surface area contributed by atoms with Gasteiger partial charge in [-0.2, -0.15) is 0 Å². The zero-order chi connectivity index (χ0) is 21.1. The van der Waals surface area contributed by atoms with Gasteiger partial charge in [0.2, 0.25) is 5.91 Å². The Morgan fingerprint density at radius 2 is 1.83 bits per heavy atom. The number of nitrogens with zero attached hydrogens (tertiary/aromatic N) is 2. The van der Waals surface area contributed by atoms with Crippen LogP contribution in [0.5, 0.6) is 5.75 Å². The number of methoxy groups -OCH3 is 1. The van der Waals surface area contributed by atoms with Gasteiger partial charge in [0.25, 0.3) is 0 Å². The van der Waals surface area contributed by atoms with E-state index in [-0.39, 0.29) is 36.4 Å². The Morgan fingerprint density at radius 3 is 2.47 bits per heavy atom. The van der Waals surface area contributed by atoms with Crippen LogP contribution in [-0.2, 0) is 17.8 Å². The van der Waals surface area contributed by atoms with Crippen LogP contribution < -0.4 is 15.4 Å². The van der Waals surface area contributed by atoms with E-state index in [1.165, 1.54) is 5.56 Å². The number of hydrogen-bond acceptors (Lipinski definition) is 3. The van der Waals surface area contributed by atoms with Crippen LogP contribution in [-0.4, -0.2) is 50.6 Å². The van der Waals surface area contributed by atoms with Crippen molar-refractivity contribution >= 4 is 35.8 Å². The molecule has 0 spiro atoms. The van der Waals surface area contributed by atoms with E-state index in [1.807, 2.05) is 49.1 Å². The van der Waals surface area contributed by atoms with Crippen molar-refractivity contribution in [2.24, 2.45) is 4.99 Å². The van der Waals surface area contributed by atoms with E-state index in [4.69, 9.17) is 4.74 Å². The highest BCUT2D eigenvalue weighted by Crippen LogP contribution is 2.18. The van der Waals surface area contributed by atoms with Crippen LogP contribution in [0, 0.1) is 6.92 Å². The van der Waals surface area contributed by atoms with Crippen LogP contribution >= 0.6 is 24.0 Å². The minimum Gasteiger partial charge on any atom is -0.496 e. The van der Waals surface area contributed by atoms with E-state index < -0.39 is 0 Å². The van der Waals surface area contributed by atoms with E-state index in [2.05, 4.69) is 33.8 Å². The van der Waals surface area contributed by atoms with Crippen molar-refractivity contribution in [3.63, 3.8) is 0 Å². The third kappa shape index (κ3) is 8.22. The van der Waals surface area contributed by atoms with E-state index in [9.17, 15) is 4.79 Å². The Labute approximate surface area is 197 Å². The Balaban J connectivity index is 0.00000450. The Hall–Kier alpha value is -2.29. The molecule has 0 aliphatic heterocycles. The molecule has 0 atom stereocenters. The Morgan fingerprint density at radius 1 is 1.10 bits per heavy atom. The lowest BCUT2D eigenvalue weighted by Gasteiger charge is -2.22. The molecular weight excluding hydrogens is 491 g/mol. The molecule has 2 aromatic carbocycles. The molecule has 7 heteroatoms. The predicted octanol–water partition coefficient (Wildman–Crippen LogP) is 3.38. The van der Waals surface area contributed by atoms with Crippen molar-refractivity contribution in [3.8, 4) is 5.75 Å². The quantitative estimate of drug-likeness (QED) is 0.300. The van der Waals surface area contributed by atoms with Gasteiger partial charge in [-0.1, -0.05) is 42.5 Å². The molecule has 164 valence electrons. The maximum absolute atomic E-state index is 12.6. The Kier molecular flexibility index (Phi) is 11.9. The number of benzene rings is 2. The molecule has 0 aromatic heterocycles. The summed E-state index contributed by atoms with van der Waals surface area (Å²) in [6.07, 6.45) is 0.834. The van der Waals surface area contributed by atoms with Gasteiger partial charge in [0, 0.05) is 26.7 Å². The van der Waals surface area contributed by atoms with Gasteiger partial charge < -0.3 is 20.3 Å². The number of aryl methyl sites for hydroxylation is 1. The third-order valence-electron chi connectivity index (χ3n) is 4.76. The van der Waals surface area contributed by atoms with Crippen molar-refractivity contribution in [3.05, 3.63) is 65.2 Å². The topological polar surface area (TPSA) is 66.0 Å². The van der Waals surface area contributed by atoms with Crippen molar-refractivity contribution in [1.82, 2.24) is 15.5 Å². The van der Waals surface area contributed by atoms with Gasteiger partial charge in [0.15, 0.2) is 5.96 Å². The number of carbonyl (C=O) groups excluding carboxylic acids is 1. The van der Waals surface area contributed by atoms with Gasteiger partial charge in [0.1, 0.15) is 5.75 Å². The summed E-state index contributed by atoms with van der Waals surface area (Å²) in [7, 11) is 3.39. The molecule has 1 amide bonds. The number of aliphatic imine (C=N–C) groups is 1. The molecule has 0 heterocycles. The minimum atomic E-state index is 0. The summed E-state index contributed by atoms with van der Waals surface area (Å²) in [4.78, 5) is 18.6. The largest absolute Gasteiger partial charge is 0.496 e. The normalized spacial score (nSPS) is 10.7. The molecule has 0 saturated heterocycles. The third-order valence-corrected chi connectivity index (χ3v) is 4.76. The lowest BCUT2D eigenvalue weighted by atomic mass is 10.1. The van der Waals surface area contributed by atoms with Crippen molar-refractivity contribution in [2.45, 2.75) is 26.8 Å². The standard InChI is InChI=1S/C23H32N4O2.HI/c1-5-27(17-20-9-7-6-8-10-20)22(28)16-26-23(24-3)25-14-13-19-12-11-18(2)21(15-19)29-4;/h6-12,15H,5,13-14,16-17H2,1-4H3,(H2,24,25,26);1H. The average molecular weight is 524 g/mol. The first-order valence-corrected chi connectivity index (χ1v) is 9.97. The number of guanidine groups is 1. The van der Waals surface area contributed by atoms with E-state index >= 15 is 0 Å². The molecule has 0 radical (unpaired) electrons. The number of nitrogens with one attached hydrogen (secondary N) is 2. The smallest absolute Gasteiger partial charge is 0.242 e. The van der Waals surface area contributed by atoms with Crippen LogP contribution in [0.4, 0.5) is 0 Å². The summed E-state index contributed by atoms with van der Waals surface area (Å²) >= 11 is 0. The van der Waals surface area contributed by atoms with Crippen LogP contribution in [0.25, 0.3) is 0 Å². The molecule has 6 nitrogen and oxygen atoms in total. The average Bonchev–Trinajstić information content (AvgIpc) is 2.75. The zero-order valence-electron chi connectivity index (χ0n) is 18.3. The summed E-state index contributed by atoms with van der Waals surface area (Å²) in [6, 6.07) is 16.2. The summed E-state index contributed by atoms with van der Waals surface area (Å²) in [5.74, 6) is 1.56. The lowest BCUT2D eigenvalue weighted by molar-refractivity contribution is -0.130. The number of ether oxygens (including phenoxy) is 1. The summed E-state index contributed by atoms with van der Waals surface area (Å²) in [6.45, 7) is 6.21. The molecule has 0 fully saturated rings. The summed E-state index contributed by atoms with van der Waals surface area (Å²) in [5, 5.41) is 6.37. The van der Waals surface area contributed by atoms with E-state index in [1.54, 1.807) is 14.2 Å². The second-order valence-corrected chi connectivity index (χ2v) is 6.80. The highest BCUT2D eigenvalue weighted by atomic mass is 127. The van der Waals surface area contributed by atoms with Crippen molar-refractivity contribution < 1.29 is 9.53 Å². The molecule has 2 aromatic rings. The van der Waals surface area contributed by atoms with Gasteiger partial charge in [-0.15, -0.1) is 24.0 Å². The number of hydrogen-bond donors (Lipinski definition) is 2. The monoisotopic (exact) mass is 524 g/mol. The minimum absolute atomic E-state index is 0. The van der Waals surface area contributed by atoms with Gasteiger partial charge in [-0.3, -0.25) is 9.79 Å². The SMILES string of the molecule is CCN(Cc1ccccc1)C(=O)CNC(=NC)NCCc1ccc(C)c(OC)c1.I. The molecule has 0 aliphatic carbocycles. The fourth-order valence-electron chi connectivity index (χ4n) is 3.02. The van der Waals surface area contributed by atoms with Gasteiger partial charge in [-0.25, -0.2) is 0 Å². The van der Waals surface area contributed by atoms with E-state index in [0.29, 0.717) is 25.6 Å². The molecule has 0 bridgehead atoms. The second kappa shape index (κ2) is 13.8. The van der Waals surface area contributed by atoms with Crippen molar-refractivity contribution in [1.29, 1.82) is 0 Å². The number of carbonyl (C=O) groups is 1. The van der Waals surface area contributed by atoms with Crippen LogP contribution in [0.3, 0.4) is 0 Å². The molecule has 2 rings (SSSR count). The number of rotatable bonds is 9. The maximum atomic E-state index is 12.6. The molecule has 0 saturated carbocycles. The molecule has 2 N–H and O–H groups in total. The zero-order valence-corrected chi connectivity index (χ0v) is 20.6. The number of likely N-dealkylation sites (N-methyl/N-ethyl adjacent to an activating group) is 1. The first kappa shape index (κ1) is 25.7. The summed E-state index contributed by atoms with van der Waals surface area (Å²) < 4.78 is 5.38. The fraction of sp³-hybridized carbons (Fsp3) is 0.391. The van der Waals surface area contributed by atoms with E-state index in [0.717, 1.165) is 23.3 Å². The predicted molar refractivity (Wildman–Crippen MR) is 134 cm³/mol. The molecular formula is C23H33IN4O2. The molecule has 30 heavy (non-hydrogen) atoms. The van der Waals surface area contributed by atoms with Crippen LogP contribution in [0.15, 0.2) is 53.5 Å². The first-order chi connectivity index (χ1) is 14.1. The molecule has 0 unspecified atom stereocenters. The summed E-state index contributed by atoms with van der Waals surface area (Å²) in [5.41, 5.74) is 3.43. The maximum Gasteiger partial charge on any atom is 0.242 e. The lowest BCUT2D eigenvalue weighted by Crippen LogP contribution is -2.44. The number of amides is 1. The van der Waals surface area contributed by atoms with Crippen molar-refractivity contribution in [2.75, 3.05) is 33.8 Å². The Bertz CT molecular complexity index is 812. The highest BCUT2D eigenvalue weighted by Gasteiger charge is 2.12. The van der Waals surface area contributed by atoms with Crippen LogP contribution in [0.1, 0.15) is 23.6 Å². The van der Waals surface area contributed by atoms with Gasteiger partial charge in [0.05, 0.1) is 13.7 Å². The fourth-order valence-corrected chi connectivity index (χ4v) is 3.02. The highest BCUT2D eigenvalue weighted by molar-refractivity contribution is 14.0. The second-order valence-electron chi connectivity index (χ2n) is 6.80. The van der Waals surface area contributed by atoms with Crippen LogP contribution in [0.2, 0.25) is 0 Å².